The number of carbonyl (C=O) groups excluding carboxylic acids is 1. The Bertz CT molecular complexity index is 339. The first-order valence-corrected chi connectivity index (χ1v) is 8.52. The summed E-state index contributed by atoms with van der Waals surface area (Å²) in [5.41, 5.74) is 0. The van der Waals surface area contributed by atoms with Crippen LogP contribution in [0.2, 0.25) is 0 Å². The standard InChI is InChI=1S/C16H29N3O/c1-13(16(20)18-11-8-17-9-12-18)19-10-4-6-14-5-2-3-7-15(14)19/h13-15,17H,2-12H2,1H3. The zero-order valence-corrected chi connectivity index (χ0v) is 12.8. The molecule has 1 aliphatic carbocycles. The number of hydrogen-bond acceptors (Lipinski definition) is 3. The minimum absolute atomic E-state index is 0.0824. The Morgan fingerprint density at radius 3 is 2.55 bits per heavy atom. The van der Waals surface area contributed by atoms with Crippen molar-refractivity contribution in [2.75, 3.05) is 32.7 Å². The van der Waals surface area contributed by atoms with Gasteiger partial charge in [0.2, 0.25) is 5.91 Å². The lowest BCUT2D eigenvalue weighted by atomic mass is 9.78. The Hall–Kier alpha value is -0.610. The van der Waals surface area contributed by atoms with E-state index in [0.717, 1.165) is 38.6 Å². The van der Waals surface area contributed by atoms with Crippen molar-refractivity contribution in [3.8, 4) is 0 Å². The lowest BCUT2D eigenvalue weighted by molar-refractivity contribution is -0.139. The number of nitrogens with one attached hydrogen (secondary N) is 1. The van der Waals surface area contributed by atoms with Crippen LogP contribution < -0.4 is 5.32 Å². The van der Waals surface area contributed by atoms with Crippen LogP contribution in [0, 0.1) is 5.92 Å². The lowest BCUT2D eigenvalue weighted by Gasteiger charge is -2.47. The smallest absolute Gasteiger partial charge is 0.239 e. The van der Waals surface area contributed by atoms with E-state index in [1.54, 1.807) is 0 Å². The van der Waals surface area contributed by atoms with Crippen LogP contribution in [0.15, 0.2) is 0 Å². The molecule has 2 aliphatic heterocycles. The summed E-state index contributed by atoms with van der Waals surface area (Å²) in [7, 11) is 0. The van der Waals surface area contributed by atoms with Crippen molar-refractivity contribution in [3.63, 3.8) is 0 Å². The van der Waals surface area contributed by atoms with Crippen LogP contribution in [0.25, 0.3) is 0 Å². The molecule has 3 rings (SSSR count). The van der Waals surface area contributed by atoms with Crippen LogP contribution in [0.3, 0.4) is 0 Å². The van der Waals surface area contributed by atoms with Crippen molar-refractivity contribution in [1.29, 1.82) is 0 Å². The molecule has 1 N–H and O–H groups in total. The summed E-state index contributed by atoms with van der Waals surface area (Å²) in [4.78, 5) is 17.3. The normalized spacial score (nSPS) is 33.5. The number of piperidine rings is 1. The molecule has 4 nitrogen and oxygen atoms in total. The molecule has 0 aromatic heterocycles. The summed E-state index contributed by atoms with van der Waals surface area (Å²) in [6, 6.07) is 0.762. The number of fused-ring (bicyclic) bond motifs is 1. The van der Waals surface area contributed by atoms with Crippen LogP contribution in [0.4, 0.5) is 0 Å². The monoisotopic (exact) mass is 279 g/mol. The number of nitrogens with zero attached hydrogens (tertiary/aromatic N) is 2. The summed E-state index contributed by atoms with van der Waals surface area (Å²) < 4.78 is 0. The van der Waals surface area contributed by atoms with Gasteiger partial charge in [0.15, 0.2) is 0 Å². The van der Waals surface area contributed by atoms with Gasteiger partial charge < -0.3 is 10.2 Å². The van der Waals surface area contributed by atoms with Crippen molar-refractivity contribution in [2.45, 2.75) is 57.5 Å². The molecule has 0 spiro atoms. The second-order valence-corrected chi connectivity index (χ2v) is 6.74. The molecule has 3 aliphatic rings. The molecule has 2 heterocycles. The molecule has 1 saturated carbocycles. The van der Waals surface area contributed by atoms with Gasteiger partial charge in [-0.2, -0.15) is 0 Å². The van der Waals surface area contributed by atoms with Crippen LogP contribution in [-0.2, 0) is 4.79 Å². The molecule has 3 atom stereocenters. The quantitative estimate of drug-likeness (QED) is 0.831. The molecule has 114 valence electrons. The molecule has 1 amide bonds. The summed E-state index contributed by atoms with van der Waals surface area (Å²) in [6.45, 7) is 6.92. The van der Waals surface area contributed by atoms with E-state index in [-0.39, 0.29) is 6.04 Å². The summed E-state index contributed by atoms with van der Waals surface area (Å²) in [5, 5.41) is 3.33. The van der Waals surface area contributed by atoms with E-state index >= 15 is 0 Å². The van der Waals surface area contributed by atoms with Gasteiger partial charge in [0.1, 0.15) is 0 Å². The molecular formula is C16H29N3O. The summed E-state index contributed by atoms with van der Waals surface area (Å²) >= 11 is 0. The molecule has 0 bridgehead atoms. The molecule has 4 heteroatoms. The highest BCUT2D eigenvalue weighted by Gasteiger charge is 2.38. The van der Waals surface area contributed by atoms with E-state index in [0.29, 0.717) is 11.9 Å². The maximum absolute atomic E-state index is 12.7. The highest BCUT2D eigenvalue weighted by molar-refractivity contribution is 5.81. The third kappa shape index (κ3) is 2.86. The average molecular weight is 279 g/mol. The molecule has 0 aromatic carbocycles. The fourth-order valence-electron chi connectivity index (χ4n) is 4.44. The van der Waals surface area contributed by atoms with Crippen molar-refractivity contribution in [1.82, 2.24) is 15.1 Å². The topological polar surface area (TPSA) is 35.6 Å². The molecule has 0 radical (unpaired) electrons. The second-order valence-electron chi connectivity index (χ2n) is 6.74. The zero-order chi connectivity index (χ0) is 13.9. The highest BCUT2D eigenvalue weighted by atomic mass is 16.2. The lowest BCUT2D eigenvalue weighted by Crippen LogP contribution is -2.58. The maximum Gasteiger partial charge on any atom is 0.239 e. The van der Waals surface area contributed by atoms with Gasteiger partial charge in [-0.3, -0.25) is 9.69 Å². The van der Waals surface area contributed by atoms with Crippen molar-refractivity contribution in [3.05, 3.63) is 0 Å². The SMILES string of the molecule is CC(C(=O)N1CCNCC1)N1CCCC2CCCCC21. The molecule has 3 unspecified atom stereocenters. The fourth-order valence-corrected chi connectivity index (χ4v) is 4.44. The second kappa shape index (κ2) is 6.44. The maximum atomic E-state index is 12.7. The van der Waals surface area contributed by atoms with E-state index in [9.17, 15) is 4.79 Å². The first kappa shape index (κ1) is 14.3. The predicted octanol–water partition coefficient (Wildman–Crippen LogP) is 1.46. The minimum atomic E-state index is 0.0824. The van der Waals surface area contributed by atoms with Gasteiger partial charge in [0.05, 0.1) is 6.04 Å². The summed E-state index contributed by atoms with van der Waals surface area (Å²) in [5.74, 6) is 1.22. The number of carbonyl (C=O) groups is 1. The van der Waals surface area contributed by atoms with Crippen LogP contribution in [0.5, 0.6) is 0 Å². The van der Waals surface area contributed by atoms with Gasteiger partial charge in [-0.05, 0) is 45.1 Å². The summed E-state index contributed by atoms with van der Waals surface area (Å²) in [6.07, 6.45) is 8.11. The number of piperazine rings is 1. The zero-order valence-electron chi connectivity index (χ0n) is 12.8. The highest BCUT2D eigenvalue weighted by Crippen LogP contribution is 2.36. The van der Waals surface area contributed by atoms with Crippen molar-refractivity contribution < 1.29 is 4.79 Å². The average Bonchev–Trinajstić information content (AvgIpc) is 2.54. The van der Waals surface area contributed by atoms with Gasteiger partial charge in [-0.25, -0.2) is 0 Å². The number of rotatable bonds is 2. The molecule has 2 saturated heterocycles. The van der Waals surface area contributed by atoms with E-state index < -0.39 is 0 Å². The largest absolute Gasteiger partial charge is 0.339 e. The Kier molecular flexibility index (Phi) is 4.61. The van der Waals surface area contributed by atoms with Gasteiger partial charge >= 0.3 is 0 Å². The van der Waals surface area contributed by atoms with Gasteiger partial charge in [-0.1, -0.05) is 12.8 Å². The minimum Gasteiger partial charge on any atom is -0.339 e. The first-order chi connectivity index (χ1) is 9.77. The number of likely N-dealkylation sites (tertiary alicyclic amines) is 1. The van der Waals surface area contributed by atoms with E-state index in [1.165, 1.54) is 38.5 Å². The van der Waals surface area contributed by atoms with Gasteiger partial charge in [0.25, 0.3) is 0 Å². The van der Waals surface area contributed by atoms with Crippen LogP contribution in [-0.4, -0.2) is 60.5 Å². The number of amides is 1. The van der Waals surface area contributed by atoms with Gasteiger partial charge in [-0.15, -0.1) is 0 Å². The first-order valence-electron chi connectivity index (χ1n) is 8.52. The molecular weight excluding hydrogens is 250 g/mol. The predicted molar refractivity (Wildman–Crippen MR) is 80.6 cm³/mol. The van der Waals surface area contributed by atoms with Crippen LogP contribution >= 0.6 is 0 Å². The van der Waals surface area contributed by atoms with Crippen molar-refractivity contribution >= 4 is 5.91 Å². The Labute approximate surface area is 122 Å². The molecule has 3 fully saturated rings. The fraction of sp³-hybridized carbons (Fsp3) is 0.938. The van der Waals surface area contributed by atoms with Crippen molar-refractivity contribution in [2.24, 2.45) is 5.92 Å². The van der Waals surface area contributed by atoms with Gasteiger partial charge in [0, 0.05) is 32.2 Å². The van der Waals surface area contributed by atoms with E-state index in [4.69, 9.17) is 0 Å². The Morgan fingerprint density at radius 2 is 1.75 bits per heavy atom. The molecule has 20 heavy (non-hydrogen) atoms. The van der Waals surface area contributed by atoms with E-state index in [2.05, 4.69) is 22.0 Å². The van der Waals surface area contributed by atoms with E-state index in [1.807, 2.05) is 0 Å². The third-order valence-corrected chi connectivity index (χ3v) is 5.57. The Balaban J connectivity index is 1.65. The van der Waals surface area contributed by atoms with Crippen LogP contribution in [0.1, 0.15) is 45.4 Å². The number of hydrogen-bond donors (Lipinski definition) is 1. The Morgan fingerprint density at radius 1 is 1.05 bits per heavy atom. The third-order valence-electron chi connectivity index (χ3n) is 5.57. The molecule has 0 aromatic rings.